The number of aromatic nitrogens is 1. The lowest BCUT2D eigenvalue weighted by atomic mass is 10.2. The summed E-state index contributed by atoms with van der Waals surface area (Å²) >= 11 is 6.08. The molecule has 1 saturated heterocycles. The molecule has 25 heavy (non-hydrogen) atoms. The van der Waals surface area contributed by atoms with Crippen molar-refractivity contribution in [3.63, 3.8) is 0 Å². The van der Waals surface area contributed by atoms with E-state index < -0.39 is 0 Å². The normalized spacial score (nSPS) is 16.5. The molecule has 1 atom stereocenters. The zero-order valence-corrected chi connectivity index (χ0v) is 15.1. The van der Waals surface area contributed by atoms with Crippen molar-refractivity contribution >= 4 is 23.2 Å². The van der Waals surface area contributed by atoms with Gasteiger partial charge in [-0.05, 0) is 42.8 Å². The molecular weight excluding hydrogens is 336 g/mol. The molecule has 1 aliphatic rings. The first-order valence-electron chi connectivity index (χ1n) is 8.54. The van der Waals surface area contributed by atoms with Crippen LogP contribution in [0.1, 0.15) is 12.5 Å². The molecule has 0 unspecified atom stereocenters. The van der Waals surface area contributed by atoms with E-state index >= 15 is 0 Å². The first-order chi connectivity index (χ1) is 12.1. The van der Waals surface area contributed by atoms with E-state index in [0.717, 1.165) is 42.5 Å². The molecule has 0 aliphatic carbocycles. The number of piperazine rings is 1. The minimum Gasteiger partial charge on any atom is -0.369 e. The molecule has 2 aromatic rings. The van der Waals surface area contributed by atoms with Crippen LogP contribution in [0.4, 0.5) is 5.69 Å². The molecule has 1 aromatic carbocycles. The molecule has 1 aliphatic heterocycles. The Bertz CT molecular complexity index is 702. The van der Waals surface area contributed by atoms with Crippen LogP contribution in [0.2, 0.25) is 5.02 Å². The number of anilines is 1. The third kappa shape index (κ3) is 4.71. The molecule has 0 spiro atoms. The molecule has 2 heterocycles. The molecule has 1 fully saturated rings. The average molecular weight is 359 g/mol. The summed E-state index contributed by atoms with van der Waals surface area (Å²) in [5.41, 5.74) is 2.20. The Morgan fingerprint density at radius 2 is 1.92 bits per heavy atom. The van der Waals surface area contributed by atoms with Crippen molar-refractivity contribution in [3.05, 3.63) is 59.4 Å². The largest absolute Gasteiger partial charge is 0.369 e. The van der Waals surface area contributed by atoms with E-state index in [1.807, 2.05) is 37.3 Å². The summed E-state index contributed by atoms with van der Waals surface area (Å²) in [6.07, 6.45) is 3.47. The van der Waals surface area contributed by atoms with Crippen molar-refractivity contribution < 1.29 is 4.79 Å². The monoisotopic (exact) mass is 358 g/mol. The molecule has 132 valence electrons. The number of nitrogens with one attached hydrogen (secondary N) is 1. The number of hydrogen-bond donors (Lipinski definition) is 1. The number of carbonyl (C=O) groups is 1. The predicted octanol–water partition coefficient (Wildman–Crippen LogP) is 2.56. The molecule has 0 radical (unpaired) electrons. The van der Waals surface area contributed by atoms with Crippen LogP contribution >= 0.6 is 11.6 Å². The van der Waals surface area contributed by atoms with Crippen LogP contribution in [0, 0.1) is 0 Å². The lowest BCUT2D eigenvalue weighted by Gasteiger charge is -2.38. The van der Waals surface area contributed by atoms with Gasteiger partial charge in [0, 0.05) is 55.8 Å². The molecule has 5 nitrogen and oxygen atoms in total. The summed E-state index contributed by atoms with van der Waals surface area (Å²) in [5, 5.41) is 3.76. The molecule has 1 aromatic heterocycles. The fourth-order valence-electron chi connectivity index (χ4n) is 3.04. The van der Waals surface area contributed by atoms with E-state index in [1.165, 1.54) is 0 Å². The van der Waals surface area contributed by atoms with Gasteiger partial charge in [0.05, 0.1) is 6.04 Å². The van der Waals surface area contributed by atoms with Crippen molar-refractivity contribution in [2.75, 3.05) is 31.1 Å². The second kappa shape index (κ2) is 8.32. The van der Waals surface area contributed by atoms with E-state index in [4.69, 9.17) is 11.6 Å². The predicted molar refractivity (Wildman–Crippen MR) is 101 cm³/mol. The number of amides is 1. The number of rotatable bonds is 5. The molecular formula is C19H23ClN4O. The Kier molecular flexibility index (Phi) is 5.89. The number of hydrogen-bond acceptors (Lipinski definition) is 4. The van der Waals surface area contributed by atoms with E-state index in [1.54, 1.807) is 12.4 Å². The Hall–Kier alpha value is -2.11. The van der Waals surface area contributed by atoms with Crippen molar-refractivity contribution in [1.29, 1.82) is 0 Å². The second-order valence-corrected chi connectivity index (χ2v) is 6.69. The first kappa shape index (κ1) is 17.7. The van der Waals surface area contributed by atoms with Gasteiger partial charge in [-0.3, -0.25) is 14.7 Å². The maximum atomic E-state index is 12.4. The first-order valence-corrected chi connectivity index (χ1v) is 8.92. The highest BCUT2D eigenvalue weighted by Gasteiger charge is 2.25. The van der Waals surface area contributed by atoms with Gasteiger partial charge >= 0.3 is 0 Å². The van der Waals surface area contributed by atoms with Gasteiger partial charge in [0.2, 0.25) is 5.91 Å². The maximum Gasteiger partial charge on any atom is 0.237 e. The van der Waals surface area contributed by atoms with Crippen LogP contribution in [-0.4, -0.2) is 48.0 Å². The van der Waals surface area contributed by atoms with Gasteiger partial charge < -0.3 is 10.2 Å². The lowest BCUT2D eigenvalue weighted by molar-refractivity contribution is -0.126. The van der Waals surface area contributed by atoms with Crippen LogP contribution in [0.3, 0.4) is 0 Å². The van der Waals surface area contributed by atoms with E-state index in [0.29, 0.717) is 6.54 Å². The van der Waals surface area contributed by atoms with Crippen LogP contribution in [0.25, 0.3) is 0 Å². The Morgan fingerprint density at radius 3 is 2.60 bits per heavy atom. The number of halogens is 1. The average Bonchev–Trinajstić information content (AvgIpc) is 2.66. The SMILES string of the molecule is C[C@@H](C(=O)NCc1ccncc1)N1CCN(c2cccc(Cl)c2)CC1. The van der Waals surface area contributed by atoms with Crippen LogP contribution in [0.15, 0.2) is 48.8 Å². The van der Waals surface area contributed by atoms with Crippen LogP contribution in [0.5, 0.6) is 0 Å². The molecule has 0 saturated carbocycles. The summed E-state index contributed by atoms with van der Waals surface area (Å²) in [7, 11) is 0. The summed E-state index contributed by atoms with van der Waals surface area (Å²) < 4.78 is 0. The third-order valence-electron chi connectivity index (χ3n) is 4.63. The van der Waals surface area contributed by atoms with Crippen molar-refractivity contribution in [1.82, 2.24) is 15.2 Å². The molecule has 6 heteroatoms. The minimum absolute atomic E-state index is 0.0630. The highest BCUT2D eigenvalue weighted by molar-refractivity contribution is 6.30. The van der Waals surface area contributed by atoms with Gasteiger partial charge in [0.1, 0.15) is 0 Å². The number of benzene rings is 1. The Labute approximate surface area is 153 Å². The van der Waals surface area contributed by atoms with Crippen LogP contribution in [-0.2, 0) is 11.3 Å². The van der Waals surface area contributed by atoms with Crippen molar-refractivity contribution in [2.24, 2.45) is 0 Å². The molecule has 1 N–H and O–H groups in total. The Morgan fingerprint density at radius 1 is 1.20 bits per heavy atom. The highest BCUT2D eigenvalue weighted by Crippen LogP contribution is 2.21. The van der Waals surface area contributed by atoms with Gasteiger partial charge in [0.15, 0.2) is 0 Å². The molecule has 0 bridgehead atoms. The van der Waals surface area contributed by atoms with Gasteiger partial charge in [-0.2, -0.15) is 0 Å². The number of nitrogens with zero attached hydrogens (tertiary/aromatic N) is 3. The number of pyridine rings is 1. The zero-order chi connectivity index (χ0) is 17.6. The quantitative estimate of drug-likeness (QED) is 0.892. The van der Waals surface area contributed by atoms with Gasteiger partial charge in [-0.1, -0.05) is 17.7 Å². The highest BCUT2D eigenvalue weighted by atomic mass is 35.5. The van der Waals surface area contributed by atoms with E-state index in [9.17, 15) is 4.79 Å². The lowest BCUT2D eigenvalue weighted by Crippen LogP contribution is -2.53. The minimum atomic E-state index is -0.136. The van der Waals surface area contributed by atoms with Crippen molar-refractivity contribution in [3.8, 4) is 0 Å². The molecule has 1 amide bonds. The standard InChI is InChI=1S/C19H23ClN4O/c1-15(19(25)22-14-16-5-7-21-8-6-16)23-9-11-24(12-10-23)18-4-2-3-17(20)13-18/h2-8,13,15H,9-12,14H2,1H3,(H,22,25)/t15-/m0/s1. The smallest absolute Gasteiger partial charge is 0.237 e. The topological polar surface area (TPSA) is 48.5 Å². The number of carbonyl (C=O) groups excluding carboxylic acids is 1. The molecule has 3 rings (SSSR count). The van der Waals surface area contributed by atoms with Crippen LogP contribution < -0.4 is 10.2 Å². The summed E-state index contributed by atoms with van der Waals surface area (Å²) in [6.45, 7) is 6.00. The van der Waals surface area contributed by atoms with Crippen molar-refractivity contribution in [2.45, 2.75) is 19.5 Å². The second-order valence-electron chi connectivity index (χ2n) is 6.25. The van der Waals surface area contributed by atoms with E-state index in [-0.39, 0.29) is 11.9 Å². The Balaban J connectivity index is 1.49. The van der Waals surface area contributed by atoms with Gasteiger partial charge in [-0.15, -0.1) is 0 Å². The maximum absolute atomic E-state index is 12.4. The zero-order valence-electron chi connectivity index (χ0n) is 14.4. The summed E-state index contributed by atoms with van der Waals surface area (Å²) in [4.78, 5) is 20.9. The summed E-state index contributed by atoms with van der Waals surface area (Å²) in [5.74, 6) is 0.0630. The fourth-order valence-corrected chi connectivity index (χ4v) is 3.23. The van der Waals surface area contributed by atoms with E-state index in [2.05, 4.69) is 26.2 Å². The summed E-state index contributed by atoms with van der Waals surface area (Å²) in [6, 6.07) is 11.6. The van der Waals surface area contributed by atoms with Gasteiger partial charge in [0.25, 0.3) is 0 Å². The fraction of sp³-hybridized carbons (Fsp3) is 0.368. The third-order valence-corrected chi connectivity index (χ3v) is 4.87. The van der Waals surface area contributed by atoms with Gasteiger partial charge in [-0.25, -0.2) is 0 Å².